The van der Waals surface area contributed by atoms with Gasteiger partial charge in [0, 0.05) is 13.1 Å². The molecule has 0 saturated carbocycles. The Morgan fingerprint density at radius 3 is 2.62 bits per heavy atom. The minimum Gasteiger partial charge on any atom is -0.355 e. The summed E-state index contributed by atoms with van der Waals surface area (Å²) in [4.78, 5) is 14.3. The number of amides is 1. The van der Waals surface area contributed by atoms with E-state index >= 15 is 0 Å². The van der Waals surface area contributed by atoms with E-state index in [9.17, 15) is 4.79 Å². The molecule has 0 radical (unpaired) electrons. The maximum atomic E-state index is 11.8. The summed E-state index contributed by atoms with van der Waals surface area (Å²) in [7, 11) is 0. The summed E-state index contributed by atoms with van der Waals surface area (Å²) in [5.74, 6) is 0.809. The zero-order chi connectivity index (χ0) is 15.1. The number of carbonyl (C=O) groups excluding carboxylic acids is 1. The van der Waals surface area contributed by atoms with Crippen molar-refractivity contribution in [1.29, 1.82) is 0 Å². The molecule has 3 nitrogen and oxygen atoms in total. The first-order valence-corrected chi connectivity index (χ1v) is 9.04. The standard InChI is InChI=1S/C17H26N2OS/c1-14(21-2)17(20)18-12-15-8-10-19(11-9-15)13-16-6-4-3-5-7-16/h3-7,14-15H,8-13H2,1-2H3,(H,18,20)/t14-/m0/s1. The summed E-state index contributed by atoms with van der Waals surface area (Å²) in [5, 5.41) is 3.15. The van der Waals surface area contributed by atoms with Gasteiger partial charge in [-0.1, -0.05) is 30.3 Å². The normalized spacial score (nSPS) is 18.4. The number of rotatable bonds is 6. The first kappa shape index (κ1) is 16.4. The molecule has 0 bridgehead atoms. The molecular weight excluding hydrogens is 280 g/mol. The summed E-state index contributed by atoms with van der Waals surface area (Å²) in [5.41, 5.74) is 1.39. The average molecular weight is 306 g/mol. The van der Waals surface area contributed by atoms with E-state index in [2.05, 4.69) is 40.5 Å². The molecule has 1 aromatic rings. The zero-order valence-electron chi connectivity index (χ0n) is 13.0. The Bertz CT molecular complexity index is 430. The molecule has 2 rings (SSSR count). The molecule has 1 atom stereocenters. The zero-order valence-corrected chi connectivity index (χ0v) is 13.9. The van der Waals surface area contributed by atoms with Gasteiger partial charge in [0.2, 0.25) is 5.91 Å². The molecule has 116 valence electrons. The van der Waals surface area contributed by atoms with Crippen LogP contribution in [0.1, 0.15) is 25.3 Å². The number of thioether (sulfide) groups is 1. The van der Waals surface area contributed by atoms with Gasteiger partial charge in [0.25, 0.3) is 0 Å². The van der Waals surface area contributed by atoms with Crippen LogP contribution in [0.5, 0.6) is 0 Å². The van der Waals surface area contributed by atoms with Gasteiger partial charge in [0.15, 0.2) is 0 Å². The number of benzene rings is 1. The number of piperidine rings is 1. The van der Waals surface area contributed by atoms with E-state index in [0.717, 1.165) is 26.2 Å². The Morgan fingerprint density at radius 2 is 2.00 bits per heavy atom. The molecule has 1 aliphatic rings. The van der Waals surface area contributed by atoms with Crippen LogP contribution in [-0.4, -0.2) is 41.9 Å². The molecule has 1 N–H and O–H groups in total. The van der Waals surface area contributed by atoms with E-state index in [-0.39, 0.29) is 11.2 Å². The Morgan fingerprint density at radius 1 is 1.33 bits per heavy atom. The highest BCUT2D eigenvalue weighted by atomic mass is 32.2. The quantitative estimate of drug-likeness (QED) is 0.877. The highest BCUT2D eigenvalue weighted by Crippen LogP contribution is 2.18. The van der Waals surface area contributed by atoms with E-state index in [4.69, 9.17) is 0 Å². The molecule has 4 heteroatoms. The van der Waals surface area contributed by atoms with Crippen molar-refractivity contribution in [3.63, 3.8) is 0 Å². The molecule has 1 fully saturated rings. The van der Waals surface area contributed by atoms with Crippen molar-refractivity contribution in [1.82, 2.24) is 10.2 Å². The molecule has 1 aliphatic heterocycles. The topological polar surface area (TPSA) is 32.3 Å². The smallest absolute Gasteiger partial charge is 0.232 e. The van der Waals surface area contributed by atoms with Gasteiger partial charge in [-0.15, -0.1) is 0 Å². The van der Waals surface area contributed by atoms with Crippen molar-refractivity contribution < 1.29 is 4.79 Å². The van der Waals surface area contributed by atoms with Crippen LogP contribution in [0.3, 0.4) is 0 Å². The number of hydrogen-bond acceptors (Lipinski definition) is 3. The summed E-state index contributed by atoms with van der Waals surface area (Å²) in [6.07, 6.45) is 4.34. The third kappa shape index (κ3) is 5.36. The van der Waals surface area contributed by atoms with Gasteiger partial charge in [-0.3, -0.25) is 9.69 Å². The SMILES string of the molecule is CS[C@@H](C)C(=O)NCC1CCN(Cc2ccccc2)CC1. The molecule has 1 heterocycles. The van der Waals surface area contributed by atoms with Crippen LogP contribution >= 0.6 is 11.8 Å². The summed E-state index contributed by atoms with van der Waals surface area (Å²) >= 11 is 1.60. The van der Waals surface area contributed by atoms with Gasteiger partial charge in [-0.25, -0.2) is 0 Å². The predicted octanol–water partition coefficient (Wildman–Crippen LogP) is 2.77. The number of likely N-dealkylation sites (tertiary alicyclic amines) is 1. The molecule has 0 unspecified atom stereocenters. The molecule has 0 aliphatic carbocycles. The Kier molecular flexibility index (Phi) is 6.58. The molecule has 1 saturated heterocycles. The summed E-state index contributed by atoms with van der Waals surface area (Å²) in [6, 6.07) is 10.6. The van der Waals surface area contributed by atoms with Gasteiger partial charge < -0.3 is 5.32 Å². The maximum Gasteiger partial charge on any atom is 0.232 e. The predicted molar refractivity (Wildman–Crippen MR) is 90.4 cm³/mol. The minimum atomic E-state index is 0.0585. The van der Waals surface area contributed by atoms with Gasteiger partial charge in [-0.2, -0.15) is 11.8 Å². The van der Waals surface area contributed by atoms with Crippen molar-refractivity contribution in [2.24, 2.45) is 5.92 Å². The molecule has 21 heavy (non-hydrogen) atoms. The fourth-order valence-corrected chi connectivity index (χ4v) is 2.98. The van der Waals surface area contributed by atoms with Crippen molar-refractivity contribution in [3.8, 4) is 0 Å². The second-order valence-corrected chi connectivity index (χ2v) is 7.01. The van der Waals surface area contributed by atoms with Gasteiger partial charge in [0.1, 0.15) is 0 Å². The Balaban J connectivity index is 1.67. The van der Waals surface area contributed by atoms with Crippen molar-refractivity contribution in [2.75, 3.05) is 25.9 Å². The fraction of sp³-hybridized carbons (Fsp3) is 0.588. The molecule has 1 aromatic carbocycles. The molecular formula is C17H26N2OS. The number of nitrogens with one attached hydrogen (secondary N) is 1. The van der Waals surface area contributed by atoms with Crippen LogP contribution < -0.4 is 5.32 Å². The lowest BCUT2D eigenvalue weighted by atomic mass is 9.96. The lowest BCUT2D eigenvalue weighted by molar-refractivity contribution is -0.120. The van der Waals surface area contributed by atoms with E-state index in [0.29, 0.717) is 5.92 Å². The lowest BCUT2D eigenvalue weighted by Gasteiger charge is -2.32. The van der Waals surface area contributed by atoms with Crippen molar-refractivity contribution >= 4 is 17.7 Å². The third-order valence-electron chi connectivity index (χ3n) is 4.24. The monoisotopic (exact) mass is 306 g/mol. The number of carbonyl (C=O) groups is 1. The van der Waals surface area contributed by atoms with Crippen LogP contribution in [0.4, 0.5) is 0 Å². The van der Waals surface area contributed by atoms with Crippen molar-refractivity contribution in [3.05, 3.63) is 35.9 Å². The van der Waals surface area contributed by atoms with E-state index in [1.165, 1.54) is 18.4 Å². The molecule has 0 spiro atoms. The Hall–Kier alpha value is -1.00. The van der Waals surface area contributed by atoms with Gasteiger partial charge >= 0.3 is 0 Å². The van der Waals surface area contributed by atoms with Gasteiger partial charge in [0.05, 0.1) is 5.25 Å². The van der Waals surface area contributed by atoms with E-state index in [1.54, 1.807) is 11.8 Å². The minimum absolute atomic E-state index is 0.0585. The largest absolute Gasteiger partial charge is 0.355 e. The second-order valence-electron chi connectivity index (χ2n) is 5.83. The van der Waals surface area contributed by atoms with Crippen molar-refractivity contribution in [2.45, 2.75) is 31.6 Å². The number of hydrogen-bond donors (Lipinski definition) is 1. The first-order chi connectivity index (χ1) is 10.2. The van der Waals surface area contributed by atoms with Gasteiger partial charge in [-0.05, 0) is 50.6 Å². The summed E-state index contributed by atoms with van der Waals surface area (Å²) < 4.78 is 0. The Labute approximate surface area is 132 Å². The van der Waals surface area contributed by atoms with Crippen LogP contribution in [0.25, 0.3) is 0 Å². The average Bonchev–Trinajstić information content (AvgIpc) is 2.54. The number of nitrogens with zero attached hydrogens (tertiary/aromatic N) is 1. The van der Waals surface area contributed by atoms with Crippen LogP contribution in [-0.2, 0) is 11.3 Å². The fourth-order valence-electron chi connectivity index (χ4n) is 2.69. The maximum absolute atomic E-state index is 11.8. The highest BCUT2D eigenvalue weighted by Gasteiger charge is 2.20. The second kappa shape index (κ2) is 8.44. The first-order valence-electron chi connectivity index (χ1n) is 7.76. The summed E-state index contributed by atoms with van der Waals surface area (Å²) in [6.45, 7) is 6.11. The molecule has 1 amide bonds. The van der Waals surface area contributed by atoms with Crippen LogP contribution in [0, 0.1) is 5.92 Å². The highest BCUT2D eigenvalue weighted by molar-refractivity contribution is 7.99. The van der Waals surface area contributed by atoms with E-state index in [1.807, 2.05) is 13.2 Å². The van der Waals surface area contributed by atoms with Crippen LogP contribution in [0.2, 0.25) is 0 Å². The lowest BCUT2D eigenvalue weighted by Crippen LogP contribution is -2.40. The molecule has 0 aromatic heterocycles. The van der Waals surface area contributed by atoms with E-state index < -0.39 is 0 Å². The van der Waals surface area contributed by atoms with Crippen LogP contribution in [0.15, 0.2) is 30.3 Å². The third-order valence-corrected chi connectivity index (χ3v) is 5.17.